The molecule has 0 unspecified atom stereocenters. The second-order valence-corrected chi connectivity index (χ2v) is 13.4. The standard InChI is InChI=1S/C42H33BN2O/c1-42(2,3)29-20-22-30(23-21-29)45-36-17-9-7-14-32(36)33-15-11-19-38-40(33)43(45)35-16-8-10-18-37(35)44(38)41-31(28-12-5-4-6-13-28)24-25-39-34(41)26-27-46-39/h4-27H,1-3H3. The molecule has 0 amide bonds. The van der Waals surface area contributed by atoms with Crippen LogP contribution in [0.4, 0.5) is 28.4 Å². The molecule has 3 nitrogen and oxygen atoms in total. The van der Waals surface area contributed by atoms with Crippen LogP contribution in [0.3, 0.4) is 0 Å². The average molecular weight is 593 g/mol. The Hall–Kier alpha value is -5.48. The summed E-state index contributed by atoms with van der Waals surface area (Å²) in [5.74, 6) is 0. The Bertz CT molecular complexity index is 2260. The van der Waals surface area contributed by atoms with Gasteiger partial charge in [-0.05, 0) is 81.6 Å². The summed E-state index contributed by atoms with van der Waals surface area (Å²) in [5, 5.41) is 1.10. The van der Waals surface area contributed by atoms with Crippen LogP contribution >= 0.6 is 0 Å². The second kappa shape index (κ2) is 10.0. The predicted octanol–water partition coefficient (Wildman–Crippen LogP) is 10.1. The minimum atomic E-state index is -0.00207. The smallest absolute Gasteiger partial charge is 0.333 e. The summed E-state index contributed by atoms with van der Waals surface area (Å²) < 4.78 is 6.01. The van der Waals surface area contributed by atoms with E-state index in [1.807, 2.05) is 0 Å². The van der Waals surface area contributed by atoms with E-state index >= 15 is 0 Å². The molecule has 0 N–H and O–H groups in total. The van der Waals surface area contributed by atoms with E-state index in [0.29, 0.717) is 0 Å². The Morgan fingerprint density at radius 2 is 1.26 bits per heavy atom. The quantitative estimate of drug-likeness (QED) is 0.190. The molecule has 3 heterocycles. The van der Waals surface area contributed by atoms with Crippen LogP contribution in [0.5, 0.6) is 0 Å². The summed E-state index contributed by atoms with van der Waals surface area (Å²) in [6, 6.07) is 50.9. The summed E-state index contributed by atoms with van der Waals surface area (Å²) >= 11 is 0. The van der Waals surface area contributed by atoms with Crippen LogP contribution in [-0.2, 0) is 5.41 Å². The number of rotatable bonds is 3. The molecule has 0 saturated carbocycles. The zero-order valence-electron chi connectivity index (χ0n) is 26.2. The van der Waals surface area contributed by atoms with E-state index in [1.54, 1.807) is 6.26 Å². The Morgan fingerprint density at radius 3 is 2.07 bits per heavy atom. The average Bonchev–Trinajstić information content (AvgIpc) is 3.58. The second-order valence-electron chi connectivity index (χ2n) is 13.4. The van der Waals surface area contributed by atoms with Crippen LogP contribution in [-0.4, -0.2) is 6.85 Å². The van der Waals surface area contributed by atoms with Crippen molar-refractivity contribution in [1.82, 2.24) is 0 Å². The monoisotopic (exact) mass is 592 g/mol. The van der Waals surface area contributed by atoms with Gasteiger partial charge in [0.2, 0.25) is 0 Å². The molecule has 4 heteroatoms. The molecule has 0 aliphatic carbocycles. The molecule has 220 valence electrons. The first kappa shape index (κ1) is 26.9. The molecule has 0 radical (unpaired) electrons. The van der Waals surface area contributed by atoms with Crippen molar-refractivity contribution >= 4 is 57.2 Å². The molecule has 0 fully saturated rings. The lowest BCUT2D eigenvalue weighted by Crippen LogP contribution is -2.61. The fourth-order valence-corrected chi connectivity index (χ4v) is 7.57. The fraction of sp³-hybridized carbons (Fsp3) is 0.0952. The van der Waals surface area contributed by atoms with Gasteiger partial charge in [0.15, 0.2) is 0 Å². The van der Waals surface area contributed by atoms with Gasteiger partial charge in [-0.2, -0.15) is 0 Å². The van der Waals surface area contributed by atoms with E-state index < -0.39 is 0 Å². The van der Waals surface area contributed by atoms with E-state index in [1.165, 1.54) is 61.5 Å². The van der Waals surface area contributed by atoms with E-state index in [0.717, 1.165) is 16.7 Å². The first-order valence-corrected chi connectivity index (χ1v) is 16.1. The van der Waals surface area contributed by atoms with E-state index in [4.69, 9.17) is 4.42 Å². The Balaban J connectivity index is 1.35. The molecule has 0 atom stereocenters. The number of hydrogen-bond donors (Lipinski definition) is 0. The molecule has 0 saturated heterocycles. The highest BCUT2D eigenvalue weighted by molar-refractivity contribution is 6.93. The van der Waals surface area contributed by atoms with Crippen molar-refractivity contribution in [3.8, 4) is 22.3 Å². The van der Waals surface area contributed by atoms with Crippen LogP contribution in [0, 0.1) is 0 Å². The van der Waals surface area contributed by atoms with Gasteiger partial charge in [0, 0.05) is 39.3 Å². The van der Waals surface area contributed by atoms with E-state index in [2.05, 4.69) is 170 Å². The highest BCUT2D eigenvalue weighted by atomic mass is 16.3. The topological polar surface area (TPSA) is 19.6 Å². The van der Waals surface area contributed by atoms with E-state index in [9.17, 15) is 0 Å². The molecule has 46 heavy (non-hydrogen) atoms. The summed E-state index contributed by atoms with van der Waals surface area (Å²) in [7, 11) is 0. The van der Waals surface area contributed by atoms with Gasteiger partial charge in [-0.3, -0.25) is 0 Å². The molecular weight excluding hydrogens is 559 g/mol. The molecule has 2 aliphatic heterocycles. The number of nitrogens with zero attached hydrogens (tertiary/aromatic N) is 2. The predicted molar refractivity (Wildman–Crippen MR) is 194 cm³/mol. The van der Waals surface area contributed by atoms with Crippen LogP contribution < -0.4 is 20.6 Å². The van der Waals surface area contributed by atoms with Crippen LogP contribution in [0.15, 0.2) is 150 Å². The molecule has 2 aliphatic rings. The Kier molecular flexibility index (Phi) is 5.85. The maximum atomic E-state index is 6.01. The van der Waals surface area contributed by atoms with Crippen molar-refractivity contribution in [2.75, 3.05) is 9.71 Å². The highest BCUT2D eigenvalue weighted by Gasteiger charge is 2.45. The molecule has 7 aromatic rings. The number of para-hydroxylation sites is 2. The van der Waals surface area contributed by atoms with Gasteiger partial charge in [0.25, 0.3) is 0 Å². The number of hydrogen-bond acceptors (Lipinski definition) is 3. The van der Waals surface area contributed by atoms with Crippen molar-refractivity contribution in [2.45, 2.75) is 26.2 Å². The zero-order chi connectivity index (χ0) is 31.0. The van der Waals surface area contributed by atoms with Gasteiger partial charge in [-0.25, -0.2) is 0 Å². The van der Waals surface area contributed by atoms with Gasteiger partial charge >= 0.3 is 6.85 Å². The third-order valence-electron chi connectivity index (χ3n) is 9.71. The SMILES string of the molecule is CC(C)(C)c1ccc(N2B3c4ccccc4N(c4c(-c5ccccc5)ccc5occc45)c4cccc(c43)-c3ccccc32)cc1. The zero-order valence-corrected chi connectivity index (χ0v) is 26.2. The van der Waals surface area contributed by atoms with Crippen molar-refractivity contribution < 1.29 is 4.42 Å². The van der Waals surface area contributed by atoms with Crippen LogP contribution in [0.25, 0.3) is 33.2 Å². The third-order valence-corrected chi connectivity index (χ3v) is 9.71. The lowest BCUT2D eigenvalue weighted by Gasteiger charge is -2.46. The van der Waals surface area contributed by atoms with Gasteiger partial charge in [-0.15, -0.1) is 0 Å². The minimum absolute atomic E-state index is 0.00207. The summed E-state index contributed by atoms with van der Waals surface area (Å²) in [4.78, 5) is 5.04. The molecule has 1 aromatic heterocycles. The van der Waals surface area contributed by atoms with Crippen LogP contribution in [0.2, 0.25) is 0 Å². The van der Waals surface area contributed by atoms with Gasteiger partial charge in [-0.1, -0.05) is 112 Å². The molecule has 9 rings (SSSR count). The maximum Gasteiger partial charge on any atom is 0.333 e. The largest absolute Gasteiger partial charge is 0.464 e. The highest BCUT2D eigenvalue weighted by Crippen LogP contribution is 2.49. The van der Waals surface area contributed by atoms with Crippen LogP contribution in [0.1, 0.15) is 26.3 Å². The number of benzene rings is 6. The van der Waals surface area contributed by atoms with Gasteiger partial charge in [0.05, 0.1) is 12.0 Å². The third kappa shape index (κ3) is 3.93. The first-order valence-electron chi connectivity index (χ1n) is 16.1. The minimum Gasteiger partial charge on any atom is -0.464 e. The first-order chi connectivity index (χ1) is 22.5. The summed E-state index contributed by atoms with van der Waals surface area (Å²) in [6.07, 6.45) is 1.81. The summed E-state index contributed by atoms with van der Waals surface area (Å²) in [5.41, 5.74) is 15.7. The maximum absolute atomic E-state index is 6.01. The molecule has 0 bridgehead atoms. The van der Waals surface area contributed by atoms with Crippen molar-refractivity contribution in [1.29, 1.82) is 0 Å². The van der Waals surface area contributed by atoms with Crippen molar-refractivity contribution in [3.63, 3.8) is 0 Å². The summed E-state index contributed by atoms with van der Waals surface area (Å²) in [6.45, 7) is 6.82. The normalized spacial score (nSPS) is 13.4. The van der Waals surface area contributed by atoms with Crippen molar-refractivity contribution in [3.05, 3.63) is 151 Å². The number of furan rings is 1. The lowest BCUT2D eigenvalue weighted by molar-refractivity contribution is 0.590. The van der Waals surface area contributed by atoms with Gasteiger partial charge in [0.1, 0.15) is 5.58 Å². The number of fused-ring (bicyclic) bond motifs is 5. The molecule has 0 spiro atoms. The number of anilines is 5. The van der Waals surface area contributed by atoms with E-state index in [-0.39, 0.29) is 12.3 Å². The van der Waals surface area contributed by atoms with Gasteiger partial charge < -0.3 is 14.1 Å². The Morgan fingerprint density at radius 1 is 0.565 bits per heavy atom. The molecular formula is C42H33BN2O. The Labute approximate surface area is 270 Å². The lowest BCUT2D eigenvalue weighted by atomic mass is 9.43. The molecule has 6 aromatic carbocycles. The fourth-order valence-electron chi connectivity index (χ4n) is 7.57. The van der Waals surface area contributed by atoms with Crippen molar-refractivity contribution in [2.24, 2.45) is 0 Å².